The van der Waals surface area contributed by atoms with Gasteiger partial charge in [-0.2, -0.15) is 0 Å². The van der Waals surface area contributed by atoms with Crippen LogP contribution in [0.25, 0.3) is 10.4 Å². The zero-order valence-corrected chi connectivity index (χ0v) is 14.7. The van der Waals surface area contributed by atoms with Crippen molar-refractivity contribution >= 4 is 43.8 Å². The van der Waals surface area contributed by atoms with Crippen molar-refractivity contribution in [2.75, 3.05) is 11.6 Å². The molecule has 0 fully saturated rings. The Labute approximate surface area is 138 Å². The van der Waals surface area contributed by atoms with Crippen molar-refractivity contribution in [3.63, 3.8) is 0 Å². The Morgan fingerprint density at radius 3 is 2.68 bits per heavy atom. The molecule has 0 bridgehead atoms. The van der Waals surface area contributed by atoms with Gasteiger partial charge in [-0.3, -0.25) is 4.79 Å². The number of hydrogen-bond donors (Lipinski definition) is 1. The van der Waals surface area contributed by atoms with Gasteiger partial charge in [-0.1, -0.05) is 35.9 Å². The van der Waals surface area contributed by atoms with E-state index in [1.54, 1.807) is 19.1 Å². The van der Waals surface area contributed by atoms with Crippen LogP contribution in [0.2, 0.25) is 5.02 Å². The molecule has 8 heteroatoms. The molecule has 0 unspecified atom stereocenters. The van der Waals surface area contributed by atoms with Crippen LogP contribution >= 0.6 is 22.9 Å². The lowest BCUT2D eigenvalue weighted by atomic mass is 10.2. The van der Waals surface area contributed by atoms with E-state index in [1.807, 2.05) is 6.92 Å². The second kappa shape index (κ2) is 6.36. The quantitative estimate of drug-likeness (QED) is 0.907. The number of aryl methyl sites for hydroxylation is 1. The first-order valence-electron chi connectivity index (χ1n) is 6.49. The highest BCUT2D eigenvalue weighted by atomic mass is 35.5. The van der Waals surface area contributed by atoms with Crippen LogP contribution in [-0.2, 0) is 14.6 Å². The first kappa shape index (κ1) is 16.9. The topological polar surface area (TPSA) is 76.1 Å². The molecule has 1 aromatic heterocycles. The summed E-state index contributed by atoms with van der Waals surface area (Å²) in [6.45, 7) is 3.57. The number of nitrogens with one attached hydrogen (secondary N) is 1. The minimum Gasteiger partial charge on any atom is -0.302 e. The number of halogens is 1. The van der Waals surface area contributed by atoms with E-state index in [4.69, 9.17) is 11.6 Å². The molecule has 0 aliphatic heterocycles. The fraction of sp³-hybridized carbons (Fsp3) is 0.286. The van der Waals surface area contributed by atoms with Crippen LogP contribution in [0.3, 0.4) is 0 Å². The molecule has 1 heterocycles. The number of sulfone groups is 1. The highest BCUT2D eigenvalue weighted by Crippen LogP contribution is 2.35. The van der Waals surface area contributed by atoms with Crippen LogP contribution < -0.4 is 5.32 Å². The largest absolute Gasteiger partial charge is 0.302 e. The smallest absolute Gasteiger partial charge is 0.225 e. The van der Waals surface area contributed by atoms with Crippen molar-refractivity contribution in [1.82, 2.24) is 4.98 Å². The molecule has 118 valence electrons. The van der Waals surface area contributed by atoms with Gasteiger partial charge < -0.3 is 5.32 Å². The third kappa shape index (κ3) is 3.66. The summed E-state index contributed by atoms with van der Waals surface area (Å²) in [6.07, 6.45) is 1.48. The molecular formula is C14H15ClN2O3S2. The number of aromatic nitrogens is 1. The van der Waals surface area contributed by atoms with Crippen molar-refractivity contribution in [1.29, 1.82) is 0 Å². The molecule has 22 heavy (non-hydrogen) atoms. The van der Waals surface area contributed by atoms with Gasteiger partial charge in [0.05, 0.1) is 20.5 Å². The van der Waals surface area contributed by atoms with Gasteiger partial charge >= 0.3 is 0 Å². The molecule has 0 radical (unpaired) electrons. The van der Waals surface area contributed by atoms with Gasteiger partial charge in [0, 0.05) is 12.7 Å². The maximum atomic E-state index is 11.8. The average molecular weight is 359 g/mol. The summed E-state index contributed by atoms with van der Waals surface area (Å²) < 4.78 is 23.5. The molecule has 2 aromatic rings. The lowest BCUT2D eigenvalue weighted by Gasteiger charge is -2.05. The lowest BCUT2D eigenvalue weighted by Crippen LogP contribution is -2.08. The normalized spacial score (nSPS) is 11.5. The van der Waals surface area contributed by atoms with Gasteiger partial charge in [0.25, 0.3) is 0 Å². The number of carbonyl (C=O) groups is 1. The number of anilines is 1. The second-order valence-corrected chi connectivity index (χ2v) is 8.14. The SMILES string of the molecule is CCC(=O)Nc1nc(C)c(-c2ccc(Cl)c(S(C)(=O)=O)c2)s1. The Morgan fingerprint density at radius 2 is 2.09 bits per heavy atom. The Balaban J connectivity index is 2.47. The highest BCUT2D eigenvalue weighted by molar-refractivity contribution is 7.90. The minimum absolute atomic E-state index is 0.0820. The average Bonchev–Trinajstić information content (AvgIpc) is 2.78. The van der Waals surface area contributed by atoms with Gasteiger partial charge in [0.15, 0.2) is 15.0 Å². The zero-order chi connectivity index (χ0) is 16.5. The second-order valence-electron chi connectivity index (χ2n) is 4.75. The van der Waals surface area contributed by atoms with Crippen molar-refractivity contribution in [3.05, 3.63) is 28.9 Å². The van der Waals surface area contributed by atoms with Gasteiger partial charge in [-0.15, -0.1) is 0 Å². The zero-order valence-electron chi connectivity index (χ0n) is 12.3. The number of benzene rings is 1. The van der Waals surface area contributed by atoms with E-state index in [-0.39, 0.29) is 15.8 Å². The van der Waals surface area contributed by atoms with Crippen LogP contribution in [0, 0.1) is 6.92 Å². The maximum absolute atomic E-state index is 11.8. The molecule has 1 N–H and O–H groups in total. The molecule has 1 amide bonds. The van der Waals surface area contributed by atoms with Crippen molar-refractivity contribution < 1.29 is 13.2 Å². The van der Waals surface area contributed by atoms with Crippen LogP contribution in [0.15, 0.2) is 23.1 Å². The van der Waals surface area contributed by atoms with Crippen molar-refractivity contribution in [2.24, 2.45) is 0 Å². The molecule has 0 saturated carbocycles. The summed E-state index contributed by atoms with van der Waals surface area (Å²) in [5.74, 6) is -0.117. The number of thiazole rings is 1. The van der Waals surface area contributed by atoms with E-state index in [9.17, 15) is 13.2 Å². The molecule has 0 aliphatic carbocycles. The Kier molecular flexibility index (Phi) is 4.89. The number of hydrogen-bond acceptors (Lipinski definition) is 5. The number of nitrogens with zero attached hydrogens (tertiary/aromatic N) is 1. The third-order valence-corrected chi connectivity index (χ3v) is 5.66. The van der Waals surface area contributed by atoms with Gasteiger partial charge in [0.2, 0.25) is 5.91 Å². The summed E-state index contributed by atoms with van der Waals surface area (Å²) in [5, 5.41) is 3.39. The lowest BCUT2D eigenvalue weighted by molar-refractivity contribution is -0.115. The van der Waals surface area contributed by atoms with Crippen LogP contribution in [0.4, 0.5) is 5.13 Å². The van der Waals surface area contributed by atoms with Gasteiger partial charge in [-0.05, 0) is 24.6 Å². The maximum Gasteiger partial charge on any atom is 0.225 e. The molecule has 0 spiro atoms. The van der Waals surface area contributed by atoms with Crippen LogP contribution in [0.5, 0.6) is 0 Å². The number of amides is 1. The summed E-state index contributed by atoms with van der Waals surface area (Å²) >= 11 is 7.25. The predicted molar refractivity (Wildman–Crippen MR) is 89.3 cm³/mol. The fourth-order valence-electron chi connectivity index (χ4n) is 1.85. The number of carbonyl (C=O) groups excluding carboxylic acids is 1. The van der Waals surface area contributed by atoms with E-state index < -0.39 is 9.84 Å². The summed E-state index contributed by atoms with van der Waals surface area (Å²) in [5.41, 5.74) is 1.43. The molecule has 0 atom stereocenters. The van der Waals surface area contributed by atoms with E-state index in [1.165, 1.54) is 17.4 Å². The van der Waals surface area contributed by atoms with E-state index in [2.05, 4.69) is 10.3 Å². The Hall–Kier alpha value is -1.44. The molecular weight excluding hydrogens is 344 g/mol. The predicted octanol–water partition coefficient (Wildman–Crippen LogP) is 3.52. The molecule has 0 saturated heterocycles. The van der Waals surface area contributed by atoms with Crippen molar-refractivity contribution in [2.45, 2.75) is 25.2 Å². The van der Waals surface area contributed by atoms with Crippen LogP contribution in [0.1, 0.15) is 19.0 Å². The van der Waals surface area contributed by atoms with Crippen LogP contribution in [-0.4, -0.2) is 25.6 Å². The van der Waals surface area contributed by atoms with E-state index in [0.29, 0.717) is 17.1 Å². The molecule has 5 nitrogen and oxygen atoms in total. The third-order valence-electron chi connectivity index (χ3n) is 2.96. The molecule has 0 aliphatic rings. The summed E-state index contributed by atoms with van der Waals surface area (Å²) in [6, 6.07) is 4.82. The number of rotatable bonds is 4. The molecule has 2 rings (SSSR count). The fourth-order valence-corrected chi connectivity index (χ4v) is 4.13. The summed E-state index contributed by atoms with van der Waals surface area (Å²) in [4.78, 5) is 16.6. The Bertz CT molecular complexity index is 829. The minimum atomic E-state index is -3.41. The van der Waals surface area contributed by atoms with Crippen molar-refractivity contribution in [3.8, 4) is 10.4 Å². The summed E-state index contributed by atoms with van der Waals surface area (Å²) in [7, 11) is -3.41. The van der Waals surface area contributed by atoms with Gasteiger partial charge in [0.1, 0.15) is 0 Å². The Morgan fingerprint density at radius 1 is 1.41 bits per heavy atom. The first-order chi connectivity index (χ1) is 10.2. The molecule has 1 aromatic carbocycles. The van der Waals surface area contributed by atoms with Gasteiger partial charge in [-0.25, -0.2) is 13.4 Å². The monoisotopic (exact) mass is 358 g/mol. The standard InChI is InChI=1S/C14H15ClN2O3S2/c1-4-12(18)17-14-16-8(2)13(21-14)9-5-6-10(15)11(7-9)22(3,19)20/h5-7H,4H2,1-3H3,(H,16,17,18). The van der Waals surface area contributed by atoms with E-state index >= 15 is 0 Å². The van der Waals surface area contributed by atoms with E-state index in [0.717, 1.165) is 16.8 Å². The highest BCUT2D eigenvalue weighted by Gasteiger charge is 2.17. The first-order valence-corrected chi connectivity index (χ1v) is 9.58.